The summed E-state index contributed by atoms with van der Waals surface area (Å²) in [4.78, 5) is 9.58. The monoisotopic (exact) mass is 125 g/mol. The van der Waals surface area contributed by atoms with Crippen molar-refractivity contribution in [3.05, 3.63) is 11.6 Å². The average Bonchev–Trinajstić information content (AvgIpc) is 1.91. The van der Waals surface area contributed by atoms with E-state index in [1.54, 1.807) is 13.0 Å². The molecule has 0 bridgehead atoms. The molecular formula is C6H7NO2. The molecule has 0 N–H and O–H groups in total. The minimum atomic E-state index is 0.0799. The van der Waals surface area contributed by atoms with E-state index < -0.39 is 0 Å². The summed E-state index contributed by atoms with van der Waals surface area (Å²) in [5.74, 6) is 0. The third-order valence-corrected chi connectivity index (χ3v) is 0.799. The maximum absolute atomic E-state index is 9.58. The average molecular weight is 125 g/mol. The number of nitrogens with zero attached hydrogens (tertiary/aromatic N) is 1. The van der Waals surface area contributed by atoms with Crippen LogP contribution in [-0.2, 0) is 9.53 Å². The number of hydrogen-bond acceptors (Lipinski definition) is 3. The molecule has 0 heterocycles. The molecule has 0 aromatic carbocycles. The lowest BCUT2D eigenvalue weighted by Crippen LogP contribution is -1.93. The van der Waals surface area contributed by atoms with Crippen molar-refractivity contribution >= 4 is 6.47 Å². The van der Waals surface area contributed by atoms with Crippen LogP contribution in [0.2, 0.25) is 0 Å². The zero-order chi connectivity index (χ0) is 7.11. The topological polar surface area (TPSA) is 50.1 Å². The highest BCUT2D eigenvalue weighted by Crippen LogP contribution is 1.89. The second-order valence-corrected chi connectivity index (χ2v) is 1.33. The maximum atomic E-state index is 9.58. The summed E-state index contributed by atoms with van der Waals surface area (Å²) in [6, 6.07) is 1.86. The van der Waals surface area contributed by atoms with Gasteiger partial charge in [0.05, 0.1) is 11.6 Å². The predicted molar refractivity (Wildman–Crippen MR) is 31.4 cm³/mol. The van der Waals surface area contributed by atoms with Gasteiger partial charge in [-0.1, -0.05) is 6.08 Å². The first-order chi connectivity index (χ1) is 4.35. The predicted octanol–water partition coefficient (Wildman–Crippen LogP) is 0.629. The highest BCUT2D eigenvalue weighted by atomic mass is 16.5. The molecule has 0 aromatic heterocycles. The lowest BCUT2D eigenvalue weighted by Gasteiger charge is -1.91. The van der Waals surface area contributed by atoms with Crippen LogP contribution in [0, 0.1) is 11.3 Å². The van der Waals surface area contributed by atoms with Crippen molar-refractivity contribution < 1.29 is 9.53 Å². The minimum absolute atomic E-state index is 0.0799. The van der Waals surface area contributed by atoms with Gasteiger partial charge in [0.15, 0.2) is 0 Å². The molecule has 0 aromatic rings. The fourth-order valence-corrected chi connectivity index (χ4v) is 0.304. The van der Waals surface area contributed by atoms with Crippen molar-refractivity contribution in [2.45, 2.75) is 6.92 Å². The van der Waals surface area contributed by atoms with E-state index in [2.05, 4.69) is 4.74 Å². The van der Waals surface area contributed by atoms with Crippen molar-refractivity contribution in [1.29, 1.82) is 5.26 Å². The molecule has 0 aliphatic carbocycles. The number of allylic oxidation sites excluding steroid dienone is 1. The molecule has 0 radical (unpaired) electrons. The Bertz CT molecular complexity index is 155. The van der Waals surface area contributed by atoms with E-state index in [0.717, 1.165) is 0 Å². The minimum Gasteiger partial charge on any atom is -0.462 e. The van der Waals surface area contributed by atoms with E-state index in [1.807, 2.05) is 6.07 Å². The Hall–Kier alpha value is -1.30. The second-order valence-electron chi connectivity index (χ2n) is 1.33. The van der Waals surface area contributed by atoms with Crippen LogP contribution in [0.1, 0.15) is 6.92 Å². The van der Waals surface area contributed by atoms with Gasteiger partial charge in [0.25, 0.3) is 6.47 Å². The van der Waals surface area contributed by atoms with Gasteiger partial charge in [-0.2, -0.15) is 5.26 Å². The first-order valence-corrected chi connectivity index (χ1v) is 2.45. The number of hydrogen-bond donors (Lipinski definition) is 0. The summed E-state index contributed by atoms with van der Waals surface area (Å²) in [6.07, 6.45) is 1.60. The van der Waals surface area contributed by atoms with Crippen LogP contribution in [0.4, 0.5) is 0 Å². The summed E-state index contributed by atoms with van der Waals surface area (Å²) in [7, 11) is 0. The molecule has 0 rings (SSSR count). The lowest BCUT2D eigenvalue weighted by molar-refractivity contribution is -0.127. The third-order valence-electron chi connectivity index (χ3n) is 0.799. The molecular weight excluding hydrogens is 118 g/mol. The molecule has 0 unspecified atom stereocenters. The van der Waals surface area contributed by atoms with Crippen LogP contribution < -0.4 is 0 Å². The summed E-state index contributed by atoms with van der Waals surface area (Å²) in [5.41, 5.74) is 0.460. The molecule has 0 aliphatic rings. The fourth-order valence-electron chi connectivity index (χ4n) is 0.304. The van der Waals surface area contributed by atoms with Crippen LogP contribution >= 0.6 is 0 Å². The number of rotatable bonds is 3. The molecule has 3 heteroatoms. The Morgan fingerprint density at radius 2 is 2.56 bits per heavy atom. The number of ether oxygens (including phenoxy) is 1. The standard InChI is InChI=1S/C6H7NO2/c1-2-6(3-7)4-9-5-8/h2,5H,4H2,1H3/b6-2+. The summed E-state index contributed by atoms with van der Waals surface area (Å²) in [6.45, 7) is 2.12. The van der Waals surface area contributed by atoms with Gasteiger partial charge in [0.2, 0.25) is 0 Å². The van der Waals surface area contributed by atoms with E-state index in [9.17, 15) is 4.79 Å². The molecule has 0 saturated carbocycles. The quantitative estimate of drug-likeness (QED) is 0.410. The van der Waals surface area contributed by atoms with Gasteiger partial charge >= 0.3 is 0 Å². The molecule has 0 aliphatic heterocycles. The third kappa shape index (κ3) is 3.30. The summed E-state index contributed by atoms with van der Waals surface area (Å²) >= 11 is 0. The fraction of sp³-hybridized carbons (Fsp3) is 0.333. The van der Waals surface area contributed by atoms with E-state index in [4.69, 9.17) is 5.26 Å². The van der Waals surface area contributed by atoms with Gasteiger partial charge in [0, 0.05) is 0 Å². The number of nitriles is 1. The summed E-state index contributed by atoms with van der Waals surface area (Å²) < 4.78 is 4.31. The van der Waals surface area contributed by atoms with Gasteiger partial charge in [0.1, 0.15) is 6.61 Å². The molecule has 0 spiro atoms. The first-order valence-electron chi connectivity index (χ1n) is 2.45. The van der Waals surface area contributed by atoms with E-state index in [0.29, 0.717) is 12.0 Å². The molecule has 9 heavy (non-hydrogen) atoms. The van der Waals surface area contributed by atoms with Crippen LogP contribution in [0.25, 0.3) is 0 Å². The smallest absolute Gasteiger partial charge is 0.293 e. The molecule has 48 valence electrons. The number of carbonyl (C=O) groups is 1. The second kappa shape index (κ2) is 4.85. The normalized spacial score (nSPS) is 10.0. The molecule has 0 fully saturated rings. The zero-order valence-corrected chi connectivity index (χ0v) is 5.13. The Labute approximate surface area is 53.5 Å². The van der Waals surface area contributed by atoms with Gasteiger partial charge < -0.3 is 4.74 Å². The van der Waals surface area contributed by atoms with Crippen molar-refractivity contribution in [2.75, 3.05) is 6.61 Å². The molecule has 0 atom stereocenters. The van der Waals surface area contributed by atoms with Crippen LogP contribution in [0.15, 0.2) is 11.6 Å². The van der Waals surface area contributed by atoms with Crippen LogP contribution in [0.3, 0.4) is 0 Å². The van der Waals surface area contributed by atoms with Gasteiger partial charge in [-0.15, -0.1) is 0 Å². The van der Waals surface area contributed by atoms with Crippen LogP contribution in [0.5, 0.6) is 0 Å². The van der Waals surface area contributed by atoms with Gasteiger partial charge in [-0.3, -0.25) is 4.79 Å². The maximum Gasteiger partial charge on any atom is 0.293 e. The highest BCUT2D eigenvalue weighted by molar-refractivity contribution is 5.38. The van der Waals surface area contributed by atoms with E-state index >= 15 is 0 Å². The van der Waals surface area contributed by atoms with Crippen LogP contribution in [-0.4, -0.2) is 13.1 Å². The molecule has 0 saturated heterocycles. The molecule has 3 nitrogen and oxygen atoms in total. The highest BCUT2D eigenvalue weighted by Gasteiger charge is 1.90. The van der Waals surface area contributed by atoms with E-state index in [1.165, 1.54) is 0 Å². The molecule has 0 amide bonds. The summed E-state index contributed by atoms with van der Waals surface area (Å²) in [5, 5.41) is 8.24. The Morgan fingerprint density at radius 1 is 1.89 bits per heavy atom. The first kappa shape index (κ1) is 7.70. The Morgan fingerprint density at radius 3 is 2.89 bits per heavy atom. The van der Waals surface area contributed by atoms with Crippen molar-refractivity contribution in [3.63, 3.8) is 0 Å². The Balaban J connectivity index is 3.61. The van der Waals surface area contributed by atoms with Gasteiger partial charge in [-0.25, -0.2) is 0 Å². The Kier molecular flexibility index (Phi) is 4.15. The largest absolute Gasteiger partial charge is 0.462 e. The van der Waals surface area contributed by atoms with E-state index in [-0.39, 0.29) is 6.61 Å². The van der Waals surface area contributed by atoms with Crippen molar-refractivity contribution in [2.24, 2.45) is 0 Å². The van der Waals surface area contributed by atoms with Gasteiger partial charge in [-0.05, 0) is 6.92 Å². The van der Waals surface area contributed by atoms with Crippen molar-refractivity contribution in [1.82, 2.24) is 0 Å². The lowest BCUT2D eigenvalue weighted by atomic mass is 10.3. The zero-order valence-electron chi connectivity index (χ0n) is 5.13. The SMILES string of the molecule is C/C=C(\C#N)COC=O. The van der Waals surface area contributed by atoms with Crippen molar-refractivity contribution in [3.8, 4) is 6.07 Å². The number of carbonyl (C=O) groups excluding carboxylic acids is 1.